The summed E-state index contributed by atoms with van der Waals surface area (Å²) in [6, 6.07) is 12.4. The summed E-state index contributed by atoms with van der Waals surface area (Å²) >= 11 is 0. The van der Waals surface area contributed by atoms with E-state index in [9.17, 15) is 24.9 Å². The molecule has 0 spiro atoms. The van der Waals surface area contributed by atoms with Crippen LogP contribution in [-0.4, -0.2) is 66.3 Å². The zero-order valence-corrected chi connectivity index (χ0v) is 24.6. The van der Waals surface area contributed by atoms with Gasteiger partial charge >= 0.3 is 12.1 Å². The van der Waals surface area contributed by atoms with Crippen molar-refractivity contribution in [3.63, 3.8) is 0 Å². The summed E-state index contributed by atoms with van der Waals surface area (Å²) in [6.45, 7) is 4.23. The standard InChI is InChI=1S/C32H46N2O8/c1-24(36)42-32(39)34(28-10-4-5-11-28)29-12-8-9-25(19-29)23-41-18-17-40-16-7-3-2-6-15-33-21-31(38)26-13-14-30(37)27(20-26)22-35/h8-9,12-14,19-20,28,31,33,35,37-38H,2-7,10-11,15-18,21-23H2,1H3/t31-/m1/s1. The van der Waals surface area contributed by atoms with Gasteiger partial charge in [0.2, 0.25) is 0 Å². The normalized spacial score (nSPS) is 14.2. The minimum Gasteiger partial charge on any atom is -0.508 e. The van der Waals surface area contributed by atoms with Crippen molar-refractivity contribution < 1.29 is 39.1 Å². The molecule has 2 aromatic carbocycles. The number of unbranched alkanes of at least 4 members (excludes halogenated alkanes) is 3. The number of anilines is 1. The molecule has 0 aromatic heterocycles. The van der Waals surface area contributed by atoms with Crippen LogP contribution in [0.1, 0.15) is 81.1 Å². The number of benzene rings is 2. The lowest BCUT2D eigenvalue weighted by molar-refractivity contribution is -0.134. The molecule has 10 heteroatoms. The van der Waals surface area contributed by atoms with Crippen LogP contribution in [0.2, 0.25) is 0 Å². The number of nitrogens with one attached hydrogen (secondary N) is 1. The highest BCUT2D eigenvalue weighted by Crippen LogP contribution is 2.30. The fraction of sp³-hybridized carbons (Fsp3) is 0.562. The maximum Gasteiger partial charge on any atom is 0.422 e. The third-order valence-electron chi connectivity index (χ3n) is 7.34. The molecule has 1 aliphatic carbocycles. The molecule has 0 unspecified atom stereocenters. The third kappa shape index (κ3) is 11.3. The molecule has 4 N–H and O–H groups in total. The van der Waals surface area contributed by atoms with Gasteiger partial charge < -0.3 is 34.8 Å². The Balaban J connectivity index is 1.23. The number of amides is 1. The molecule has 10 nitrogen and oxygen atoms in total. The van der Waals surface area contributed by atoms with Crippen molar-refractivity contribution >= 4 is 17.7 Å². The number of nitrogens with zero attached hydrogens (tertiary/aromatic N) is 1. The molecule has 232 valence electrons. The van der Waals surface area contributed by atoms with Crippen LogP contribution in [0.3, 0.4) is 0 Å². The van der Waals surface area contributed by atoms with E-state index in [1.807, 2.05) is 24.3 Å². The van der Waals surface area contributed by atoms with Crippen LogP contribution >= 0.6 is 0 Å². The molecule has 1 aliphatic rings. The van der Waals surface area contributed by atoms with Gasteiger partial charge in [0.25, 0.3) is 0 Å². The molecule has 1 saturated carbocycles. The highest BCUT2D eigenvalue weighted by Gasteiger charge is 2.30. The van der Waals surface area contributed by atoms with E-state index in [-0.39, 0.29) is 18.4 Å². The number of carbonyl (C=O) groups is 2. The number of hydrogen-bond acceptors (Lipinski definition) is 9. The molecule has 2 aromatic rings. The zero-order chi connectivity index (χ0) is 30.2. The van der Waals surface area contributed by atoms with Gasteiger partial charge in [-0.05, 0) is 67.6 Å². The molecular weight excluding hydrogens is 540 g/mol. The Morgan fingerprint density at radius 1 is 1.00 bits per heavy atom. The van der Waals surface area contributed by atoms with Crippen LogP contribution in [0.25, 0.3) is 0 Å². The van der Waals surface area contributed by atoms with Crippen LogP contribution in [0.15, 0.2) is 42.5 Å². The topological polar surface area (TPSA) is 138 Å². The second-order valence-corrected chi connectivity index (χ2v) is 10.7. The molecular formula is C32H46N2O8. The van der Waals surface area contributed by atoms with Gasteiger partial charge in [0.1, 0.15) is 5.75 Å². The van der Waals surface area contributed by atoms with E-state index in [2.05, 4.69) is 5.32 Å². The van der Waals surface area contributed by atoms with Crippen LogP contribution in [0.4, 0.5) is 10.5 Å². The highest BCUT2D eigenvalue weighted by molar-refractivity contribution is 5.94. The smallest absolute Gasteiger partial charge is 0.422 e. The van der Waals surface area contributed by atoms with Crippen LogP contribution in [0.5, 0.6) is 5.75 Å². The second-order valence-electron chi connectivity index (χ2n) is 10.7. The first-order chi connectivity index (χ1) is 20.4. The Hall–Kier alpha value is -3.02. The molecule has 1 amide bonds. The molecule has 0 radical (unpaired) electrons. The summed E-state index contributed by atoms with van der Waals surface area (Å²) in [7, 11) is 0. The van der Waals surface area contributed by atoms with E-state index >= 15 is 0 Å². The minimum absolute atomic E-state index is 0.0274. The van der Waals surface area contributed by atoms with Gasteiger partial charge in [-0.1, -0.05) is 43.9 Å². The maximum atomic E-state index is 12.6. The zero-order valence-electron chi connectivity index (χ0n) is 24.6. The molecule has 0 aliphatic heterocycles. The first-order valence-electron chi connectivity index (χ1n) is 15.0. The molecule has 42 heavy (non-hydrogen) atoms. The third-order valence-corrected chi connectivity index (χ3v) is 7.34. The Labute approximate surface area is 248 Å². The average molecular weight is 587 g/mol. The van der Waals surface area contributed by atoms with E-state index in [1.165, 1.54) is 13.0 Å². The predicted molar refractivity (Wildman–Crippen MR) is 159 cm³/mol. The number of ether oxygens (including phenoxy) is 3. The number of aromatic hydroxyl groups is 1. The van der Waals surface area contributed by atoms with E-state index in [0.29, 0.717) is 49.8 Å². The fourth-order valence-corrected chi connectivity index (χ4v) is 5.11. The number of hydrogen-bond donors (Lipinski definition) is 4. The highest BCUT2D eigenvalue weighted by atomic mass is 16.6. The van der Waals surface area contributed by atoms with Gasteiger partial charge in [0, 0.05) is 37.4 Å². The molecule has 0 saturated heterocycles. The Morgan fingerprint density at radius 2 is 1.76 bits per heavy atom. The lowest BCUT2D eigenvalue weighted by Gasteiger charge is -2.28. The first-order valence-corrected chi connectivity index (χ1v) is 15.0. The number of esters is 1. The Kier molecular flexibility index (Phi) is 14.8. The molecule has 1 atom stereocenters. The lowest BCUT2D eigenvalue weighted by Crippen LogP contribution is -2.40. The molecule has 1 fully saturated rings. The van der Waals surface area contributed by atoms with Crippen molar-refractivity contribution in [3.05, 3.63) is 59.2 Å². The van der Waals surface area contributed by atoms with Gasteiger partial charge in [0.15, 0.2) is 0 Å². The summed E-state index contributed by atoms with van der Waals surface area (Å²) in [5.74, 6) is -0.586. The van der Waals surface area contributed by atoms with Gasteiger partial charge in [-0.3, -0.25) is 9.69 Å². The SMILES string of the molecule is CC(=O)OC(=O)N(c1cccc(COCCOCCCCCCNC[C@@H](O)c2ccc(O)c(CO)c2)c1)C1CCCC1. The van der Waals surface area contributed by atoms with Gasteiger partial charge in [0.05, 0.1) is 32.5 Å². The summed E-state index contributed by atoms with van der Waals surface area (Å²) in [4.78, 5) is 25.6. The number of aliphatic hydroxyl groups is 2. The van der Waals surface area contributed by atoms with Gasteiger partial charge in [-0.15, -0.1) is 0 Å². The quantitative estimate of drug-likeness (QED) is 0.111. The second kappa shape index (κ2) is 18.5. The van der Waals surface area contributed by atoms with Gasteiger partial charge in [-0.25, -0.2) is 4.79 Å². The summed E-state index contributed by atoms with van der Waals surface area (Å²) in [5, 5.41) is 32.4. The predicted octanol–water partition coefficient (Wildman–Crippen LogP) is 4.73. The van der Waals surface area contributed by atoms with E-state index < -0.39 is 18.2 Å². The number of aliphatic hydroxyl groups excluding tert-OH is 2. The summed E-state index contributed by atoms with van der Waals surface area (Å²) in [5.41, 5.74) is 2.72. The largest absolute Gasteiger partial charge is 0.508 e. The Morgan fingerprint density at radius 3 is 2.52 bits per heavy atom. The van der Waals surface area contributed by atoms with Gasteiger partial charge in [-0.2, -0.15) is 0 Å². The van der Waals surface area contributed by atoms with Crippen molar-refractivity contribution in [1.82, 2.24) is 5.32 Å². The maximum absolute atomic E-state index is 12.6. The number of phenols is 1. The fourth-order valence-electron chi connectivity index (χ4n) is 5.11. The van der Waals surface area contributed by atoms with Crippen LogP contribution in [0, 0.1) is 0 Å². The van der Waals surface area contributed by atoms with Crippen LogP contribution in [-0.2, 0) is 32.2 Å². The van der Waals surface area contributed by atoms with Crippen molar-refractivity contribution in [2.24, 2.45) is 0 Å². The summed E-state index contributed by atoms with van der Waals surface area (Å²) < 4.78 is 16.4. The first kappa shape index (κ1) is 33.5. The number of carbonyl (C=O) groups excluding carboxylic acids is 2. The van der Waals surface area contributed by atoms with Crippen molar-refractivity contribution in [1.29, 1.82) is 0 Å². The molecule has 3 rings (SSSR count). The lowest BCUT2D eigenvalue weighted by atomic mass is 10.1. The van der Waals surface area contributed by atoms with Crippen molar-refractivity contribution in [2.45, 2.75) is 83.6 Å². The van der Waals surface area contributed by atoms with E-state index in [1.54, 1.807) is 17.0 Å². The van der Waals surface area contributed by atoms with Crippen LogP contribution < -0.4 is 10.2 Å². The monoisotopic (exact) mass is 586 g/mol. The molecule has 0 bridgehead atoms. The van der Waals surface area contributed by atoms with E-state index in [0.717, 1.165) is 63.5 Å². The van der Waals surface area contributed by atoms with E-state index in [4.69, 9.17) is 14.2 Å². The van der Waals surface area contributed by atoms with Crippen molar-refractivity contribution in [3.8, 4) is 5.75 Å². The Bertz CT molecular complexity index is 1110. The summed E-state index contributed by atoms with van der Waals surface area (Å²) in [6.07, 6.45) is 6.64. The molecule has 0 heterocycles. The minimum atomic E-state index is -0.696. The van der Waals surface area contributed by atoms with Crippen molar-refractivity contribution in [2.75, 3.05) is 37.8 Å². The average Bonchev–Trinajstić information content (AvgIpc) is 3.50. The number of rotatable bonds is 18.